The van der Waals surface area contributed by atoms with Crippen LogP contribution in [0.1, 0.15) is 16.0 Å². The van der Waals surface area contributed by atoms with Crippen LogP contribution in [-0.4, -0.2) is 0 Å². The van der Waals surface area contributed by atoms with Crippen molar-refractivity contribution in [3.8, 4) is 0 Å². The van der Waals surface area contributed by atoms with Crippen molar-refractivity contribution in [2.75, 3.05) is 0 Å². The highest BCUT2D eigenvalue weighted by atomic mass is 79.9. The zero-order chi connectivity index (χ0) is 15.0. The molecule has 0 amide bonds. The lowest BCUT2D eigenvalue weighted by Crippen LogP contribution is -2.02. The van der Waals surface area contributed by atoms with E-state index >= 15 is 0 Å². The Morgan fingerprint density at radius 3 is 2.14 bits per heavy atom. The molecule has 3 rings (SSSR count). The van der Waals surface area contributed by atoms with Crippen molar-refractivity contribution < 1.29 is 13.2 Å². The maximum Gasteiger partial charge on any atom is 0.133 e. The van der Waals surface area contributed by atoms with Crippen molar-refractivity contribution in [3.63, 3.8) is 0 Å². The number of hydrogen-bond acceptors (Lipinski definition) is 0. The van der Waals surface area contributed by atoms with Gasteiger partial charge in [-0.05, 0) is 16.3 Å². The van der Waals surface area contributed by atoms with Gasteiger partial charge in [-0.2, -0.15) is 0 Å². The summed E-state index contributed by atoms with van der Waals surface area (Å²) in [7, 11) is 0. The van der Waals surface area contributed by atoms with Gasteiger partial charge in [0.15, 0.2) is 0 Å². The van der Waals surface area contributed by atoms with Crippen LogP contribution in [0.4, 0.5) is 13.2 Å². The summed E-state index contributed by atoms with van der Waals surface area (Å²) < 4.78 is 40.9. The molecule has 0 nitrogen and oxygen atoms in total. The van der Waals surface area contributed by atoms with E-state index in [-0.39, 0.29) is 5.56 Å². The van der Waals surface area contributed by atoms with Crippen LogP contribution in [0.3, 0.4) is 0 Å². The van der Waals surface area contributed by atoms with Gasteiger partial charge in [0, 0.05) is 17.7 Å². The van der Waals surface area contributed by atoms with Gasteiger partial charge >= 0.3 is 0 Å². The number of alkyl halides is 1. The first-order valence-electron chi connectivity index (χ1n) is 6.34. The van der Waals surface area contributed by atoms with Crippen LogP contribution in [0.5, 0.6) is 0 Å². The molecular weight excluding hydrogens is 341 g/mol. The fraction of sp³-hybridized carbons (Fsp3) is 0.0588. The minimum Gasteiger partial charge on any atom is -0.207 e. The Morgan fingerprint density at radius 1 is 0.810 bits per heavy atom. The SMILES string of the molecule is Fc1cc(F)c(C(Br)c2cccc3ccccc23)c(F)c1. The van der Waals surface area contributed by atoms with E-state index < -0.39 is 22.3 Å². The first kappa shape index (κ1) is 14.1. The van der Waals surface area contributed by atoms with Crippen LogP contribution in [0.2, 0.25) is 0 Å². The molecule has 0 radical (unpaired) electrons. The molecule has 0 saturated carbocycles. The van der Waals surface area contributed by atoms with Crippen LogP contribution >= 0.6 is 15.9 Å². The highest BCUT2D eigenvalue weighted by Crippen LogP contribution is 2.37. The van der Waals surface area contributed by atoms with Gasteiger partial charge in [0.2, 0.25) is 0 Å². The third kappa shape index (κ3) is 2.56. The van der Waals surface area contributed by atoms with E-state index in [0.717, 1.165) is 16.3 Å². The zero-order valence-electron chi connectivity index (χ0n) is 10.8. The van der Waals surface area contributed by atoms with Crippen LogP contribution in [0.25, 0.3) is 10.8 Å². The predicted molar refractivity (Wildman–Crippen MR) is 81.0 cm³/mol. The molecule has 1 unspecified atom stereocenters. The third-order valence-corrected chi connectivity index (χ3v) is 4.34. The number of benzene rings is 3. The quantitative estimate of drug-likeness (QED) is 0.517. The van der Waals surface area contributed by atoms with Crippen molar-refractivity contribution >= 4 is 26.7 Å². The Bertz CT molecular complexity index is 786. The second kappa shape index (κ2) is 5.53. The molecule has 3 aromatic carbocycles. The highest BCUT2D eigenvalue weighted by Gasteiger charge is 2.22. The molecule has 0 aliphatic heterocycles. The largest absolute Gasteiger partial charge is 0.207 e. The maximum atomic E-state index is 13.9. The minimum absolute atomic E-state index is 0.187. The van der Waals surface area contributed by atoms with Gasteiger partial charge in [-0.1, -0.05) is 58.4 Å². The fourth-order valence-electron chi connectivity index (χ4n) is 2.42. The Labute approximate surface area is 128 Å². The van der Waals surface area contributed by atoms with Gasteiger partial charge < -0.3 is 0 Å². The molecule has 0 fully saturated rings. The van der Waals surface area contributed by atoms with E-state index in [1.807, 2.05) is 36.4 Å². The molecular formula is C17H10BrF3. The highest BCUT2D eigenvalue weighted by molar-refractivity contribution is 9.09. The average Bonchev–Trinajstić information content (AvgIpc) is 2.45. The first-order valence-corrected chi connectivity index (χ1v) is 7.25. The summed E-state index contributed by atoms with van der Waals surface area (Å²) in [6.45, 7) is 0. The van der Waals surface area contributed by atoms with Crippen molar-refractivity contribution in [1.29, 1.82) is 0 Å². The molecule has 106 valence electrons. The number of fused-ring (bicyclic) bond motifs is 1. The van der Waals surface area contributed by atoms with Gasteiger partial charge in [-0.3, -0.25) is 0 Å². The maximum absolute atomic E-state index is 13.9. The zero-order valence-corrected chi connectivity index (χ0v) is 12.4. The van der Waals surface area contributed by atoms with Crippen LogP contribution < -0.4 is 0 Å². The molecule has 3 aromatic rings. The first-order chi connectivity index (χ1) is 10.1. The Morgan fingerprint density at radius 2 is 1.43 bits per heavy atom. The predicted octanol–water partition coefficient (Wildman–Crippen LogP) is 5.74. The molecule has 0 spiro atoms. The van der Waals surface area contributed by atoms with Crippen molar-refractivity contribution in [3.05, 3.63) is 83.2 Å². The standard InChI is InChI=1S/C17H10BrF3/c18-17(16-14(20)8-11(19)9-15(16)21)13-7-3-5-10-4-1-2-6-12(10)13/h1-9,17H. The minimum atomic E-state index is -0.925. The van der Waals surface area contributed by atoms with E-state index in [1.165, 1.54) is 0 Å². The van der Waals surface area contributed by atoms with E-state index in [4.69, 9.17) is 0 Å². The van der Waals surface area contributed by atoms with Gasteiger partial charge in [-0.15, -0.1) is 0 Å². The molecule has 0 aromatic heterocycles. The summed E-state index contributed by atoms with van der Waals surface area (Å²) in [5.41, 5.74) is 0.547. The topological polar surface area (TPSA) is 0 Å². The summed E-state index contributed by atoms with van der Waals surface area (Å²) in [5, 5.41) is 1.87. The number of hydrogen-bond donors (Lipinski definition) is 0. The lowest BCUT2D eigenvalue weighted by atomic mass is 9.97. The second-order valence-corrected chi connectivity index (χ2v) is 5.63. The Balaban J connectivity index is 2.20. The molecule has 0 saturated heterocycles. The second-order valence-electron chi connectivity index (χ2n) is 4.71. The molecule has 4 heteroatoms. The summed E-state index contributed by atoms with van der Waals surface area (Å²) in [6, 6.07) is 14.5. The summed E-state index contributed by atoms with van der Waals surface area (Å²) >= 11 is 3.34. The van der Waals surface area contributed by atoms with Gasteiger partial charge in [0.25, 0.3) is 0 Å². The molecule has 0 aliphatic rings. The van der Waals surface area contributed by atoms with Crippen molar-refractivity contribution in [1.82, 2.24) is 0 Å². The molecule has 0 heterocycles. The average molecular weight is 351 g/mol. The lowest BCUT2D eigenvalue weighted by Gasteiger charge is -2.15. The third-order valence-electron chi connectivity index (χ3n) is 3.39. The van der Waals surface area contributed by atoms with Crippen molar-refractivity contribution in [2.24, 2.45) is 0 Å². The normalized spacial score (nSPS) is 12.6. The monoisotopic (exact) mass is 350 g/mol. The molecule has 1 atom stereocenters. The lowest BCUT2D eigenvalue weighted by molar-refractivity contribution is 0.527. The van der Waals surface area contributed by atoms with Gasteiger partial charge in [0.05, 0.1) is 4.83 Å². The van der Waals surface area contributed by atoms with Crippen LogP contribution in [0.15, 0.2) is 54.6 Å². The fourth-order valence-corrected chi connectivity index (χ4v) is 3.26. The van der Waals surface area contributed by atoms with Gasteiger partial charge in [0.1, 0.15) is 17.5 Å². The number of rotatable bonds is 2. The van der Waals surface area contributed by atoms with Crippen LogP contribution in [-0.2, 0) is 0 Å². The molecule has 0 N–H and O–H groups in total. The molecule has 0 bridgehead atoms. The van der Waals surface area contributed by atoms with Gasteiger partial charge in [-0.25, -0.2) is 13.2 Å². The van der Waals surface area contributed by atoms with E-state index in [0.29, 0.717) is 12.1 Å². The molecule has 0 aliphatic carbocycles. The van der Waals surface area contributed by atoms with Crippen molar-refractivity contribution in [2.45, 2.75) is 4.83 Å². The molecule has 21 heavy (non-hydrogen) atoms. The summed E-state index contributed by atoms with van der Waals surface area (Å²) in [6.07, 6.45) is 0. The van der Waals surface area contributed by atoms with E-state index in [2.05, 4.69) is 15.9 Å². The summed E-state index contributed by atoms with van der Waals surface area (Å²) in [4.78, 5) is -0.691. The van der Waals surface area contributed by atoms with E-state index in [9.17, 15) is 13.2 Å². The summed E-state index contributed by atoms with van der Waals surface area (Å²) in [5.74, 6) is -2.73. The Hall–Kier alpha value is -1.81. The number of halogens is 4. The van der Waals surface area contributed by atoms with Crippen LogP contribution in [0, 0.1) is 17.5 Å². The van der Waals surface area contributed by atoms with E-state index in [1.54, 1.807) is 6.07 Å². The Kier molecular flexibility index (Phi) is 3.72. The smallest absolute Gasteiger partial charge is 0.133 e.